The number of carbonyl (C=O) groups excluding carboxylic acids is 1. The number of nitrogens with zero attached hydrogens (tertiary/aromatic N) is 1. The Balaban J connectivity index is 1.25. The van der Waals surface area contributed by atoms with Crippen LogP contribution in [0.1, 0.15) is 105 Å². The minimum atomic E-state index is -1.83. The summed E-state index contributed by atoms with van der Waals surface area (Å²) in [6.07, 6.45) is 14.4. The van der Waals surface area contributed by atoms with Crippen LogP contribution in [0.25, 0.3) is 0 Å². The molecule has 306 valence electrons. The van der Waals surface area contributed by atoms with Gasteiger partial charge in [0, 0.05) is 38.7 Å². The zero-order valence-corrected chi connectivity index (χ0v) is 33.4. The number of fused-ring (bicyclic) bond motifs is 2. The predicted molar refractivity (Wildman–Crippen MR) is 203 cm³/mol. The van der Waals surface area contributed by atoms with Crippen molar-refractivity contribution in [2.75, 3.05) is 13.7 Å². The molecule has 1 saturated carbocycles. The Morgan fingerprint density at radius 3 is 2.55 bits per heavy atom. The number of hydrogen-bond acceptors (Lipinski definition) is 12. The lowest BCUT2D eigenvalue weighted by Crippen LogP contribution is -2.57. The van der Waals surface area contributed by atoms with Gasteiger partial charge >= 0.3 is 5.97 Å². The summed E-state index contributed by atoms with van der Waals surface area (Å²) in [7, 11) is 1.59. The highest BCUT2D eigenvalue weighted by atomic mass is 16.7. The van der Waals surface area contributed by atoms with E-state index in [1.54, 1.807) is 26.2 Å². The van der Waals surface area contributed by atoms with Gasteiger partial charge < -0.3 is 48.6 Å². The number of methoxy groups -OCH3 is 1. The van der Waals surface area contributed by atoms with Gasteiger partial charge in [0.25, 0.3) is 0 Å². The third-order valence-corrected chi connectivity index (χ3v) is 13.6. The van der Waals surface area contributed by atoms with Crippen molar-refractivity contribution >= 4 is 11.7 Å². The fraction of sp³-hybridized carbons (Fsp3) is 0.767. The molecule has 5 heterocycles. The van der Waals surface area contributed by atoms with Crippen LogP contribution in [0.3, 0.4) is 0 Å². The Kier molecular flexibility index (Phi) is 12.5. The molecular weight excluding hydrogens is 706 g/mol. The number of carbonyl (C=O) groups is 1. The average Bonchev–Trinajstić information content (AvgIpc) is 3.50. The van der Waals surface area contributed by atoms with E-state index in [4.69, 9.17) is 33.2 Å². The van der Waals surface area contributed by atoms with Crippen LogP contribution in [0, 0.1) is 23.7 Å². The molecule has 7 aliphatic rings. The lowest BCUT2D eigenvalue weighted by molar-refractivity contribution is -0.342. The van der Waals surface area contributed by atoms with Crippen LogP contribution in [0.15, 0.2) is 52.3 Å². The maximum atomic E-state index is 14.4. The van der Waals surface area contributed by atoms with Gasteiger partial charge in [-0.15, -0.1) is 0 Å². The van der Waals surface area contributed by atoms with Crippen molar-refractivity contribution in [3.05, 3.63) is 47.1 Å². The number of esters is 1. The molecule has 12 heteroatoms. The molecule has 12 nitrogen and oxygen atoms in total. The van der Waals surface area contributed by atoms with Crippen LogP contribution in [0.4, 0.5) is 0 Å². The second-order valence-electron chi connectivity index (χ2n) is 17.4. The molecule has 0 unspecified atom stereocenters. The Bertz CT molecular complexity index is 1550. The molecule has 14 atom stereocenters. The second-order valence-corrected chi connectivity index (χ2v) is 17.4. The van der Waals surface area contributed by atoms with Gasteiger partial charge in [-0.2, -0.15) is 0 Å². The smallest absolute Gasteiger partial charge is 0.316 e. The summed E-state index contributed by atoms with van der Waals surface area (Å²) < 4.78 is 45.1. The number of rotatable bonds is 4. The minimum absolute atomic E-state index is 0.0359. The van der Waals surface area contributed by atoms with Gasteiger partial charge in [0.05, 0.1) is 37.1 Å². The first-order valence-electron chi connectivity index (χ1n) is 20.7. The topological polar surface area (TPSA) is 155 Å². The summed E-state index contributed by atoms with van der Waals surface area (Å²) in [6.45, 7) is 10.0. The Morgan fingerprint density at radius 2 is 1.80 bits per heavy atom. The number of hydrogen-bond donors (Lipinski definition) is 3. The fourth-order valence-electron chi connectivity index (χ4n) is 10.4. The summed E-state index contributed by atoms with van der Waals surface area (Å²) in [4.78, 5) is 14.4. The first-order valence-corrected chi connectivity index (χ1v) is 20.7. The van der Waals surface area contributed by atoms with Gasteiger partial charge in [-0.3, -0.25) is 4.79 Å². The molecule has 0 aromatic rings. The molecule has 1 spiro atoms. The molecule has 0 radical (unpaired) electrons. The molecule has 0 aromatic heterocycles. The molecule has 7 rings (SSSR count). The van der Waals surface area contributed by atoms with E-state index < -0.39 is 66.2 Å². The first-order chi connectivity index (χ1) is 26.4. The molecule has 5 aliphatic heterocycles. The molecule has 0 aromatic carbocycles. The van der Waals surface area contributed by atoms with Crippen molar-refractivity contribution < 1.29 is 53.4 Å². The lowest BCUT2D eigenvalue weighted by Gasteiger charge is -2.51. The molecule has 3 N–H and O–H groups in total. The van der Waals surface area contributed by atoms with Crippen LogP contribution < -0.4 is 0 Å². The van der Waals surface area contributed by atoms with Crippen LogP contribution in [-0.2, 0) is 38.0 Å². The van der Waals surface area contributed by atoms with Crippen LogP contribution >= 0.6 is 0 Å². The summed E-state index contributed by atoms with van der Waals surface area (Å²) in [5.41, 5.74) is 0.362. The summed E-state index contributed by atoms with van der Waals surface area (Å²) in [6, 6.07) is 0. The van der Waals surface area contributed by atoms with Crippen LogP contribution in [-0.4, -0.2) is 107 Å². The van der Waals surface area contributed by atoms with Gasteiger partial charge in [0.1, 0.15) is 35.5 Å². The van der Waals surface area contributed by atoms with E-state index in [1.807, 2.05) is 19.1 Å². The van der Waals surface area contributed by atoms with Crippen molar-refractivity contribution in [2.45, 2.75) is 172 Å². The van der Waals surface area contributed by atoms with E-state index in [1.165, 1.54) is 19.3 Å². The quantitative estimate of drug-likeness (QED) is 0.132. The monoisotopic (exact) mass is 769 g/mol. The number of aliphatic hydroxyl groups is 2. The van der Waals surface area contributed by atoms with Crippen molar-refractivity contribution in [3.63, 3.8) is 0 Å². The maximum Gasteiger partial charge on any atom is 0.316 e. The average molecular weight is 770 g/mol. The first kappa shape index (κ1) is 40.8. The highest BCUT2D eigenvalue weighted by Crippen LogP contribution is 2.48. The Hall–Kier alpha value is -2.42. The van der Waals surface area contributed by atoms with E-state index >= 15 is 0 Å². The van der Waals surface area contributed by atoms with Crippen molar-refractivity contribution in [1.82, 2.24) is 0 Å². The maximum absolute atomic E-state index is 14.4. The Morgan fingerprint density at radius 1 is 1.02 bits per heavy atom. The van der Waals surface area contributed by atoms with Gasteiger partial charge in [0.2, 0.25) is 0 Å². The molecule has 4 saturated heterocycles. The second kappa shape index (κ2) is 16.8. The predicted octanol–water partition coefficient (Wildman–Crippen LogP) is 6.07. The van der Waals surface area contributed by atoms with E-state index in [0.717, 1.165) is 24.8 Å². The van der Waals surface area contributed by atoms with Crippen molar-refractivity contribution in [1.29, 1.82) is 0 Å². The van der Waals surface area contributed by atoms with E-state index in [-0.39, 0.29) is 30.4 Å². The minimum Gasteiger partial charge on any atom is -0.462 e. The third-order valence-electron chi connectivity index (χ3n) is 13.6. The molecule has 2 bridgehead atoms. The highest BCUT2D eigenvalue weighted by molar-refractivity contribution is 6.06. The number of oxime groups is 1. The largest absolute Gasteiger partial charge is 0.462 e. The van der Waals surface area contributed by atoms with Gasteiger partial charge in [-0.25, -0.2) is 0 Å². The molecule has 0 amide bonds. The van der Waals surface area contributed by atoms with Crippen LogP contribution in [0.2, 0.25) is 0 Å². The van der Waals surface area contributed by atoms with Crippen molar-refractivity contribution in [3.8, 4) is 0 Å². The van der Waals surface area contributed by atoms with E-state index in [2.05, 4.69) is 32.0 Å². The molecule has 5 fully saturated rings. The summed E-state index contributed by atoms with van der Waals surface area (Å²) in [5, 5.41) is 36.7. The molecule has 2 aliphatic carbocycles. The zero-order chi connectivity index (χ0) is 39.1. The van der Waals surface area contributed by atoms with E-state index in [9.17, 15) is 20.2 Å². The van der Waals surface area contributed by atoms with Crippen molar-refractivity contribution in [2.24, 2.45) is 28.8 Å². The lowest BCUT2D eigenvalue weighted by atomic mass is 9.71. The van der Waals surface area contributed by atoms with E-state index in [0.29, 0.717) is 55.1 Å². The standard InChI is InChI=1S/C43H63NO11/c1-24-11-10-14-30-23-50-40-36(44-48)27(4)19-33(43(30,40)47)41(46)52-32-20-31(16-15-25(2)38(24)53-35-21-34(49-6)37(45)28(5)51-35)54-42(22-32)18-17-26(3)39(55-42)29-12-8-7-9-13-29/h10-11,14-15,19,24,26,28-29,31-35,37-40,45,47-48H,7-9,12-13,16-18,20-23H2,1-6H3/b11-10+,25-15?,30-14+,44-36?/t24-,26-,28-,31+,32-,33-,34-,35-,37-,38-,39-,40+,42+,43+/m0/s1. The fourth-order valence-corrected chi connectivity index (χ4v) is 10.4. The van der Waals surface area contributed by atoms with Gasteiger partial charge in [0.15, 0.2) is 12.1 Å². The number of ether oxygens (including phenoxy) is 7. The normalized spacial score (nSPS) is 46.9. The highest BCUT2D eigenvalue weighted by Gasteiger charge is 2.60. The molecule has 55 heavy (non-hydrogen) atoms. The Labute approximate surface area is 325 Å². The zero-order valence-electron chi connectivity index (χ0n) is 33.4. The number of allylic oxidation sites excluding steroid dienone is 2. The summed E-state index contributed by atoms with van der Waals surface area (Å²) >= 11 is 0. The molecular formula is C43H63NO11. The van der Waals surface area contributed by atoms with Gasteiger partial charge in [-0.1, -0.05) is 68.6 Å². The SMILES string of the molecule is CO[C@H]1C[C@H](O[C@@H]2C(C)=CC[C@@H]3C[C@@H](C[C@]4(CC[C@H](C)[C@@H](C5CCCCC5)O4)O3)OC(=O)[C@@H]3C=C(C)C(=NO)[C@H]4OC/C(=C\C=C\[C@@H]2C)[C@]43O)O[C@@H](C)[C@@H]1O. The van der Waals surface area contributed by atoms with Gasteiger partial charge in [-0.05, 0) is 75.0 Å². The third kappa shape index (κ3) is 8.17. The van der Waals surface area contributed by atoms with Crippen LogP contribution in [0.5, 0.6) is 0 Å². The summed E-state index contributed by atoms with van der Waals surface area (Å²) in [5.74, 6) is -1.83. The number of aliphatic hydroxyl groups excluding tert-OH is 1.